The van der Waals surface area contributed by atoms with E-state index in [0.29, 0.717) is 21.5 Å². The highest BCUT2D eigenvalue weighted by molar-refractivity contribution is 7.26. The van der Waals surface area contributed by atoms with Crippen molar-refractivity contribution in [2.24, 2.45) is 0 Å². The van der Waals surface area contributed by atoms with E-state index in [0.717, 1.165) is 35.5 Å². The lowest BCUT2D eigenvalue weighted by Gasteiger charge is -2.12. The molecule has 8 aromatic rings. The molecule has 3 nitrogen and oxygen atoms in total. The van der Waals surface area contributed by atoms with Gasteiger partial charge in [-0.2, -0.15) is 0 Å². The molecule has 0 spiro atoms. The van der Waals surface area contributed by atoms with E-state index in [9.17, 15) is 9.59 Å². The van der Waals surface area contributed by atoms with Crippen LogP contribution >= 0.6 is 22.7 Å². The predicted molar refractivity (Wildman–Crippen MR) is 159 cm³/mol. The Hall–Kier alpha value is -4.32. The summed E-state index contributed by atoms with van der Waals surface area (Å²) in [6.07, 6.45) is 0. The molecule has 0 amide bonds. The number of nitrogens with zero attached hydrogens (tertiary/aromatic N) is 1. The van der Waals surface area contributed by atoms with E-state index >= 15 is 0 Å². The van der Waals surface area contributed by atoms with Gasteiger partial charge in [0.1, 0.15) is 0 Å². The maximum Gasteiger partial charge on any atom is 0.195 e. The van der Waals surface area contributed by atoms with E-state index in [1.165, 1.54) is 10.8 Å². The zero-order valence-electron chi connectivity index (χ0n) is 19.4. The molecule has 0 aliphatic heterocycles. The summed E-state index contributed by atoms with van der Waals surface area (Å²) in [6.45, 7) is 0. The SMILES string of the molecule is O=c1c2ccccc2sc2cc3sc4c(-n5c6ccccc6c6ccccc65)cccc4c(=O)c3cc12. The highest BCUT2D eigenvalue weighted by Gasteiger charge is 2.17. The van der Waals surface area contributed by atoms with Crippen LogP contribution in [0.4, 0.5) is 0 Å². The molecule has 0 unspecified atom stereocenters. The average molecular weight is 512 g/mol. The van der Waals surface area contributed by atoms with Crippen LogP contribution in [0.3, 0.4) is 0 Å². The Labute approximate surface area is 218 Å². The Morgan fingerprint density at radius 1 is 0.459 bits per heavy atom. The topological polar surface area (TPSA) is 39.1 Å². The van der Waals surface area contributed by atoms with Gasteiger partial charge < -0.3 is 4.57 Å². The van der Waals surface area contributed by atoms with Crippen LogP contribution in [0, 0.1) is 0 Å². The molecule has 5 heteroatoms. The molecule has 0 radical (unpaired) electrons. The van der Waals surface area contributed by atoms with Gasteiger partial charge in [-0.1, -0.05) is 54.6 Å². The molecular formula is C32H17NO2S2. The van der Waals surface area contributed by atoms with Crippen LogP contribution in [0.15, 0.2) is 113 Å². The van der Waals surface area contributed by atoms with E-state index in [-0.39, 0.29) is 10.9 Å². The minimum Gasteiger partial charge on any atom is -0.308 e. The molecule has 0 fully saturated rings. The van der Waals surface area contributed by atoms with Crippen LogP contribution in [0.5, 0.6) is 0 Å². The summed E-state index contributed by atoms with van der Waals surface area (Å²) in [5.74, 6) is 0. The molecule has 3 aromatic heterocycles. The van der Waals surface area contributed by atoms with Crippen LogP contribution in [-0.2, 0) is 0 Å². The molecule has 8 rings (SSSR count). The van der Waals surface area contributed by atoms with Gasteiger partial charge in [-0.25, -0.2) is 0 Å². The minimum atomic E-state index is -0.0363. The lowest BCUT2D eigenvalue weighted by Crippen LogP contribution is -2.06. The Morgan fingerprint density at radius 2 is 1.03 bits per heavy atom. The highest BCUT2D eigenvalue weighted by atomic mass is 32.1. The number of hydrogen-bond acceptors (Lipinski definition) is 4. The maximum absolute atomic E-state index is 13.9. The predicted octanol–water partition coefficient (Wildman–Crippen LogP) is 8.24. The van der Waals surface area contributed by atoms with E-state index < -0.39 is 0 Å². The third kappa shape index (κ3) is 2.87. The molecule has 174 valence electrons. The zero-order valence-corrected chi connectivity index (χ0v) is 21.0. The first-order chi connectivity index (χ1) is 18.2. The van der Waals surface area contributed by atoms with Gasteiger partial charge in [0.05, 0.1) is 21.4 Å². The standard InChI is InChI=1S/C32H17NO2S2/c34-30-20-10-3-6-15-27(20)36-28-17-29-23(16-22(28)30)31(35)21-11-7-14-26(32(21)37-29)33-24-12-4-1-8-18(24)19-9-2-5-13-25(19)33/h1-17H. The second-order valence-corrected chi connectivity index (χ2v) is 11.4. The van der Waals surface area contributed by atoms with Gasteiger partial charge in [-0.15, -0.1) is 22.7 Å². The van der Waals surface area contributed by atoms with E-state index in [1.54, 1.807) is 28.7 Å². The summed E-state index contributed by atoms with van der Waals surface area (Å²) in [5, 5.41) is 4.96. The monoisotopic (exact) mass is 511 g/mol. The Bertz CT molecular complexity index is 2310. The van der Waals surface area contributed by atoms with Crippen molar-refractivity contribution in [1.82, 2.24) is 4.57 Å². The number of fused-ring (bicyclic) bond motifs is 7. The first-order valence-electron chi connectivity index (χ1n) is 12.0. The van der Waals surface area contributed by atoms with Crippen molar-refractivity contribution < 1.29 is 0 Å². The second-order valence-electron chi connectivity index (χ2n) is 9.23. The summed E-state index contributed by atoms with van der Waals surface area (Å²) in [7, 11) is 0. The molecule has 5 aromatic carbocycles. The maximum atomic E-state index is 13.9. The lowest BCUT2D eigenvalue weighted by molar-refractivity contribution is 1.20. The van der Waals surface area contributed by atoms with Crippen LogP contribution < -0.4 is 10.9 Å². The summed E-state index contributed by atoms with van der Waals surface area (Å²) >= 11 is 3.21. The fourth-order valence-electron chi connectivity index (χ4n) is 5.52. The van der Waals surface area contributed by atoms with Gasteiger partial charge in [-0.3, -0.25) is 9.59 Å². The fraction of sp³-hybridized carbons (Fsp3) is 0. The van der Waals surface area contributed by atoms with Crippen molar-refractivity contribution in [3.8, 4) is 5.69 Å². The van der Waals surface area contributed by atoms with Crippen molar-refractivity contribution in [2.45, 2.75) is 0 Å². The number of rotatable bonds is 1. The van der Waals surface area contributed by atoms with Gasteiger partial charge >= 0.3 is 0 Å². The van der Waals surface area contributed by atoms with Crippen molar-refractivity contribution in [3.05, 3.63) is 124 Å². The van der Waals surface area contributed by atoms with E-state index in [4.69, 9.17) is 0 Å². The van der Waals surface area contributed by atoms with E-state index in [1.807, 2.05) is 42.5 Å². The van der Waals surface area contributed by atoms with Crippen LogP contribution in [0.2, 0.25) is 0 Å². The van der Waals surface area contributed by atoms with Gasteiger partial charge in [0.2, 0.25) is 0 Å². The first kappa shape index (κ1) is 20.8. The van der Waals surface area contributed by atoms with Crippen molar-refractivity contribution in [1.29, 1.82) is 0 Å². The second kappa shape index (κ2) is 7.59. The number of para-hydroxylation sites is 2. The summed E-state index contributed by atoms with van der Waals surface area (Å²) < 4.78 is 5.96. The van der Waals surface area contributed by atoms with Crippen molar-refractivity contribution >= 4 is 84.8 Å². The van der Waals surface area contributed by atoms with Crippen LogP contribution in [-0.4, -0.2) is 4.57 Å². The summed E-state index contributed by atoms with van der Waals surface area (Å²) in [6, 6.07) is 34.3. The van der Waals surface area contributed by atoms with E-state index in [2.05, 4.69) is 59.2 Å². The molecule has 0 atom stereocenters. The molecule has 37 heavy (non-hydrogen) atoms. The van der Waals surface area contributed by atoms with Crippen molar-refractivity contribution in [2.75, 3.05) is 0 Å². The minimum absolute atomic E-state index is 0.0187. The molecular weight excluding hydrogens is 494 g/mol. The third-order valence-electron chi connectivity index (χ3n) is 7.19. The van der Waals surface area contributed by atoms with Gasteiger partial charge in [0.25, 0.3) is 0 Å². The molecule has 0 bridgehead atoms. The summed E-state index contributed by atoms with van der Waals surface area (Å²) in [5.41, 5.74) is 3.16. The molecule has 0 saturated heterocycles. The van der Waals surface area contributed by atoms with Gasteiger partial charge in [0.15, 0.2) is 10.9 Å². The lowest BCUT2D eigenvalue weighted by atomic mass is 10.1. The Balaban J connectivity index is 1.52. The average Bonchev–Trinajstić information content (AvgIpc) is 3.27. The van der Waals surface area contributed by atoms with Gasteiger partial charge in [0, 0.05) is 46.4 Å². The van der Waals surface area contributed by atoms with Crippen LogP contribution in [0.1, 0.15) is 0 Å². The first-order valence-corrected chi connectivity index (χ1v) is 13.7. The van der Waals surface area contributed by atoms with Crippen molar-refractivity contribution in [3.63, 3.8) is 0 Å². The highest BCUT2D eigenvalue weighted by Crippen LogP contribution is 2.37. The molecule has 0 saturated carbocycles. The number of benzene rings is 5. The largest absolute Gasteiger partial charge is 0.308 e. The normalized spacial score (nSPS) is 12.0. The molecule has 0 N–H and O–H groups in total. The fourth-order valence-corrected chi connectivity index (χ4v) is 7.88. The number of hydrogen-bond donors (Lipinski definition) is 0. The molecule has 0 aliphatic rings. The Morgan fingerprint density at radius 3 is 1.76 bits per heavy atom. The molecule has 0 aliphatic carbocycles. The van der Waals surface area contributed by atoms with Crippen LogP contribution in [0.25, 0.3) is 67.8 Å². The van der Waals surface area contributed by atoms with Gasteiger partial charge in [-0.05, 0) is 48.5 Å². The smallest absolute Gasteiger partial charge is 0.195 e. The quantitative estimate of drug-likeness (QED) is 0.208. The zero-order chi connectivity index (χ0) is 24.7. The third-order valence-corrected chi connectivity index (χ3v) is 9.52. The summed E-state index contributed by atoms with van der Waals surface area (Å²) in [4.78, 5) is 27.1. The molecule has 3 heterocycles. The number of aromatic nitrogens is 1. The Kier molecular flexibility index (Phi) is 4.27.